The number of alkyl halides is 2. The zero-order chi connectivity index (χ0) is 29.4. The molecule has 1 N–H and O–H groups in total. The van der Waals surface area contributed by atoms with Crippen molar-refractivity contribution in [2.45, 2.75) is 65.2 Å². The summed E-state index contributed by atoms with van der Waals surface area (Å²) in [6, 6.07) is 4.06. The van der Waals surface area contributed by atoms with E-state index >= 15 is 0 Å². The number of carbonyl (C=O) groups is 4. The number of imide groups is 1. The fraction of sp³-hybridized carbons (Fsp3) is 0.433. The molecular formula is C30H30ClF2N3O4. The number of nitrogens with zero attached hydrogens (tertiary/aromatic N) is 2. The Bertz CT molecular complexity index is 1420. The maximum absolute atomic E-state index is 13.5. The summed E-state index contributed by atoms with van der Waals surface area (Å²) in [4.78, 5) is 57.2. The number of halogens is 3. The maximum Gasteiger partial charge on any atom is 0.324 e. The number of benzene rings is 1. The van der Waals surface area contributed by atoms with E-state index in [1.807, 2.05) is 26.0 Å². The van der Waals surface area contributed by atoms with Crippen molar-refractivity contribution in [3.8, 4) is 11.8 Å². The van der Waals surface area contributed by atoms with Crippen LogP contribution in [0.2, 0.25) is 5.02 Å². The number of pyridine rings is 1. The second-order valence-corrected chi connectivity index (χ2v) is 11.2. The number of likely N-dealkylation sites (tertiary alicyclic amines) is 1. The molecule has 1 saturated heterocycles. The summed E-state index contributed by atoms with van der Waals surface area (Å²) in [5.41, 5.74) is 2.00. The van der Waals surface area contributed by atoms with Gasteiger partial charge in [-0.05, 0) is 73.9 Å². The van der Waals surface area contributed by atoms with Crippen LogP contribution < -0.4 is 5.32 Å². The molecule has 0 bridgehead atoms. The molecule has 1 aromatic carbocycles. The molecule has 1 spiro atoms. The lowest BCUT2D eigenvalue weighted by Gasteiger charge is -2.44. The van der Waals surface area contributed by atoms with Gasteiger partial charge < -0.3 is 4.90 Å². The van der Waals surface area contributed by atoms with E-state index in [9.17, 15) is 28.0 Å². The van der Waals surface area contributed by atoms with Crippen LogP contribution in [-0.2, 0) is 15.5 Å². The highest BCUT2D eigenvalue weighted by molar-refractivity contribution is 6.33. The minimum Gasteiger partial charge on any atom is -0.324 e. The summed E-state index contributed by atoms with van der Waals surface area (Å²) in [6.07, 6.45) is 2.18. The summed E-state index contributed by atoms with van der Waals surface area (Å²) in [6.45, 7) is 6.71. The number of Topliss-reactive ketones (excluding diaryl/α,β-unsaturated/α-hetero) is 2. The van der Waals surface area contributed by atoms with Gasteiger partial charge in [0.25, 0.3) is 11.8 Å². The molecule has 1 aliphatic heterocycles. The number of piperidine rings is 1. The highest BCUT2D eigenvalue weighted by atomic mass is 35.5. The van der Waals surface area contributed by atoms with Crippen molar-refractivity contribution in [3.63, 3.8) is 0 Å². The number of hydrogen-bond acceptors (Lipinski definition) is 5. The van der Waals surface area contributed by atoms with Crippen molar-refractivity contribution in [1.29, 1.82) is 0 Å². The number of aryl methyl sites for hydroxylation is 2. The first-order valence-electron chi connectivity index (χ1n) is 13.0. The van der Waals surface area contributed by atoms with Gasteiger partial charge in [0.05, 0.1) is 5.02 Å². The third kappa shape index (κ3) is 5.92. The number of urea groups is 1. The fourth-order valence-electron chi connectivity index (χ4n) is 5.77. The summed E-state index contributed by atoms with van der Waals surface area (Å²) in [7, 11) is 0. The number of carbonyl (C=O) groups excluding carboxylic acids is 4. The molecule has 0 atom stereocenters. The van der Waals surface area contributed by atoms with Crippen molar-refractivity contribution in [2.24, 2.45) is 5.41 Å². The number of aromatic nitrogens is 1. The monoisotopic (exact) mass is 569 g/mol. The predicted octanol–water partition coefficient (Wildman–Crippen LogP) is 5.48. The average molecular weight is 570 g/mol. The van der Waals surface area contributed by atoms with E-state index in [1.165, 1.54) is 4.90 Å². The first kappa shape index (κ1) is 29.3. The van der Waals surface area contributed by atoms with Crippen molar-refractivity contribution < 1.29 is 28.0 Å². The van der Waals surface area contributed by atoms with Crippen LogP contribution in [0.15, 0.2) is 24.4 Å². The number of hydrogen-bond donors (Lipinski definition) is 1. The Balaban J connectivity index is 1.40. The van der Waals surface area contributed by atoms with E-state index in [2.05, 4.69) is 22.1 Å². The van der Waals surface area contributed by atoms with Crippen LogP contribution in [0.3, 0.4) is 0 Å². The number of rotatable bonds is 3. The van der Waals surface area contributed by atoms with Gasteiger partial charge in [-0.3, -0.25) is 19.7 Å². The fourth-order valence-corrected chi connectivity index (χ4v) is 6.02. The van der Waals surface area contributed by atoms with Crippen LogP contribution in [0.1, 0.15) is 83.8 Å². The molecule has 40 heavy (non-hydrogen) atoms. The van der Waals surface area contributed by atoms with Crippen LogP contribution in [0.5, 0.6) is 0 Å². The van der Waals surface area contributed by atoms with Crippen molar-refractivity contribution >= 4 is 35.1 Å². The Labute approximate surface area is 236 Å². The molecule has 2 aliphatic rings. The lowest BCUT2D eigenvalue weighted by atomic mass is 9.62. The van der Waals surface area contributed by atoms with Gasteiger partial charge in [-0.2, -0.15) is 0 Å². The van der Waals surface area contributed by atoms with Gasteiger partial charge in [0, 0.05) is 50.2 Å². The van der Waals surface area contributed by atoms with Gasteiger partial charge in [-0.1, -0.05) is 17.5 Å². The summed E-state index contributed by atoms with van der Waals surface area (Å²) in [5, 5.41) is 1.90. The van der Waals surface area contributed by atoms with Crippen LogP contribution in [0.25, 0.3) is 0 Å². The Kier molecular flexibility index (Phi) is 8.13. The molecule has 2 fully saturated rings. The van der Waals surface area contributed by atoms with Crippen molar-refractivity contribution in [2.75, 3.05) is 13.1 Å². The quantitative estimate of drug-likeness (QED) is 0.390. The van der Waals surface area contributed by atoms with Gasteiger partial charge in [0.2, 0.25) is 0 Å². The van der Waals surface area contributed by atoms with Gasteiger partial charge in [0.15, 0.2) is 0 Å². The Morgan fingerprint density at radius 1 is 1.10 bits per heavy atom. The first-order chi connectivity index (χ1) is 18.7. The highest BCUT2D eigenvalue weighted by Gasteiger charge is 2.48. The van der Waals surface area contributed by atoms with Crippen LogP contribution in [-0.4, -0.2) is 46.5 Å². The average Bonchev–Trinajstić information content (AvgIpc) is 2.85. The van der Waals surface area contributed by atoms with E-state index in [0.29, 0.717) is 19.8 Å². The standard InChI is InChI=1S/C30H30ClF2N3O4/c1-5-6-19-11-17(2)24(18(3)12-19)25-22(37)14-30(15-23(25)38)7-9-36(10-8-30)28(40)35-27(39)26-21(31)13-20(16-34-26)29(4,32)33/h11-13,16,25H,7-10,14-15H2,1-4H3,(H,35,39,40). The van der Waals surface area contributed by atoms with E-state index < -0.39 is 34.8 Å². The van der Waals surface area contributed by atoms with Crippen molar-refractivity contribution in [3.05, 3.63) is 62.9 Å². The number of nitrogens with one attached hydrogen (secondary N) is 1. The molecule has 3 amide bonds. The smallest absolute Gasteiger partial charge is 0.324 e. The third-order valence-corrected chi connectivity index (χ3v) is 8.08. The molecule has 0 radical (unpaired) electrons. The summed E-state index contributed by atoms with van der Waals surface area (Å²) >= 11 is 5.97. The zero-order valence-corrected chi connectivity index (χ0v) is 23.5. The molecule has 1 saturated carbocycles. The molecule has 7 nitrogen and oxygen atoms in total. The lowest BCUT2D eigenvalue weighted by Crippen LogP contribution is -2.51. The molecular weight excluding hydrogens is 540 g/mol. The largest absolute Gasteiger partial charge is 0.324 e. The van der Waals surface area contributed by atoms with Crippen molar-refractivity contribution in [1.82, 2.24) is 15.2 Å². The van der Waals surface area contributed by atoms with Crippen LogP contribution in [0.4, 0.5) is 13.6 Å². The maximum atomic E-state index is 13.5. The Morgan fingerprint density at radius 2 is 1.68 bits per heavy atom. The van der Waals surface area contributed by atoms with E-state index in [4.69, 9.17) is 11.6 Å². The molecule has 2 aromatic rings. The van der Waals surface area contributed by atoms with Crippen LogP contribution >= 0.6 is 11.6 Å². The van der Waals surface area contributed by atoms with Gasteiger partial charge in [-0.25, -0.2) is 18.6 Å². The Morgan fingerprint density at radius 3 is 2.17 bits per heavy atom. The van der Waals surface area contributed by atoms with Gasteiger partial charge in [-0.15, -0.1) is 5.92 Å². The zero-order valence-electron chi connectivity index (χ0n) is 22.8. The minimum absolute atomic E-state index is 0.119. The second kappa shape index (κ2) is 11.1. The van der Waals surface area contributed by atoms with Crippen LogP contribution in [0, 0.1) is 31.1 Å². The number of ketones is 2. The molecule has 1 aliphatic carbocycles. The molecule has 2 heterocycles. The highest BCUT2D eigenvalue weighted by Crippen LogP contribution is 2.46. The molecule has 0 unspecified atom stereocenters. The van der Waals surface area contributed by atoms with Gasteiger partial charge in [0.1, 0.15) is 23.2 Å². The lowest BCUT2D eigenvalue weighted by molar-refractivity contribution is -0.138. The molecule has 210 valence electrons. The predicted molar refractivity (Wildman–Crippen MR) is 145 cm³/mol. The van der Waals surface area contributed by atoms with E-state index in [1.54, 1.807) is 6.92 Å². The minimum atomic E-state index is -3.18. The SMILES string of the molecule is CC#Cc1cc(C)c(C2C(=O)CC3(CCN(C(=O)NC(=O)c4ncc(C(C)(F)F)cc4Cl)CC3)CC2=O)c(C)c1. The third-order valence-electron chi connectivity index (χ3n) is 7.79. The topological polar surface area (TPSA) is 96.4 Å². The van der Waals surface area contributed by atoms with Gasteiger partial charge >= 0.3 is 6.03 Å². The Hall–Kier alpha value is -3.64. The summed E-state index contributed by atoms with van der Waals surface area (Å²) in [5.74, 6) is 0.753. The molecule has 10 heteroatoms. The first-order valence-corrected chi connectivity index (χ1v) is 13.4. The molecule has 4 rings (SSSR count). The summed E-state index contributed by atoms with van der Waals surface area (Å²) < 4.78 is 27.0. The van der Waals surface area contributed by atoms with E-state index in [0.717, 1.165) is 34.5 Å². The molecule has 1 aromatic heterocycles. The number of amides is 3. The second-order valence-electron chi connectivity index (χ2n) is 10.8. The normalized spacial score (nSPS) is 17.4. The van der Waals surface area contributed by atoms with E-state index in [-0.39, 0.29) is 48.2 Å².